The minimum Gasteiger partial charge on any atom is -0.455 e. The average Bonchev–Trinajstić information content (AvgIpc) is 3.72. The fourth-order valence-corrected chi connectivity index (χ4v) is 8.89. The van der Waals surface area contributed by atoms with Crippen LogP contribution in [0.4, 0.5) is 0 Å². The van der Waals surface area contributed by atoms with Crippen LogP contribution in [0.2, 0.25) is 0 Å². The van der Waals surface area contributed by atoms with Gasteiger partial charge in [-0.05, 0) is 84.6 Å². The normalized spacial score (nSPS) is 11.6. The maximum Gasteiger partial charge on any atom is 0.164 e. The van der Waals surface area contributed by atoms with Crippen molar-refractivity contribution in [2.75, 3.05) is 0 Å². The maximum absolute atomic E-state index is 6.82. The van der Waals surface area contributed by atoms with Gasteiger partial charge in [-0.15, -0.1) is 0 Å². The first kappa shape index (κ1) is 34.8. The fourth-order valence-electron chi connectivity index (χ4n) is 8.89. The quantitative estimate of drug-likeness (QED) is 0.158. The minimum absolute atomic E-state index is 0.589. The number of hydrogen-bond acceptors (Lipinski definition) is 4. The highest BCUT2D eigenvalue weighted by Crippen LogP contribution is 2.42. The van der Waals surface area contributed by atoms with Gasteiger partial charge in [0.25, 0.3) is 0 Å². The molecular weight excluding hydrogens is 743 g/mol. The molecule has 0 fully saturated rings. The van der Waals surface area contributed by atoms with E-state index in [1.807, 2.05) is 36.4 Å². The number of furan rings is 1. The van der Waals surface area contributed by atoms with Crippen molar-refractivity contribution in [1.82, 2.24) is 15.0 Å². The topological polar surface area (TPSA) is 51.8 Å². The Balaban J connectivity index is 0.984. The first-order valence-electron chi connectivity index (χ1n) is 20.6. The molecule has 10 aromatic carbocycles. The summed E-state index contributed by atoms with van der Waals surface area (Å²) in [4.78, 5) is 15.4. The smallest absolute Gasteiger partial charge is 0.164 e. The van der Waals surface area contributed by atoms with Crippen molar-refractivity contribution in [3.63, 3.8) is 0 Å². The first-order chi connectivity index (χ1) is 30.2. The number of aromatic nitrogens is 3. The van der Waals surface area contributed by atoms with Gasteiger partial charge in [-0.25, -0.2) is 15.0 Å². The summed E-state index contributed by atoms with van der Waals surface area (Å²) < 4.78 is 6.82. The summed E-state index contributed by atoms with van der Waals surface area (Å²) in [5, 5.41) is 9.10. The van der Waals surface area contributed by atoms with E-state index in [1.165, 1.54) is 38.2 Å². The van der Waals surface area contributed by atoms with Crippen LogP contribution in [0.5, 0.6) is 0 Å². The number of nitrogens with zero attached hydrogens (tertiary/aromatic N) is 3. The van der Waals surface area contributed by atoms with Gasteiger partial charge in [0.15, 0.2) is 17.5 Å². The van der Waals surface area contributed by atoms with Crippen LogP contribution in [0.25, 0.3) is 122 Å². The van der Waals surface area contributed by atoms with Crippen molar-refractivity contribution in [2.24, 2.45) is 0 Å². The first-order valence-corrected chi connectivity index (χ1v) is 20.6. The summed E-state index contributed by atoms with van der Waals surface area (Å²) >= 11 is 0. The lowest BCUT2D eigenvalue weighted by Gasteiger charge is -2.11. The molecule has 284 valence electrons. The van der Waals surface area contributed by atoms with Crippen LogP contribution in [-0.2, 0) is 0 Å². The lowest BCUT2D eigenvalue weighted by atomic mass is 9.92. The summed E-state index contributed by atoms with van der Waals surface area (Å²) in [6.45, 7) is 0. The lowest BCUT2D eigenvalue weighted by Crippen LogP contribution is -2.00. The molecule has 61 heavy (non-hydrogen) atoms. The largest absolute Gasteiger partial charge is 0.455 e. The molecule has 0 aliphatic rings. The van der Waals surface area contributed by atoms with Crippen LogP contribution in [0, 0.1) is 0 Å². The van der Waals surface area contributed by atoms with Gasteiger partial charge >= 0.3 is 0 Å². The molecule has 0 atom stereocenters. The summed E-state index contributed by atoms with van der Waals surface area (Å²) in [5.41, 5.74) is 11.4. The van der Waals surface area contributed by atoms with Gasteiger partial charge in [0.1, 0.15) is 11.2 Å². The number of benzene rings is 10. The van der Waals surface area contributed by atoms with Crippen LogP contribution in [0.1, 0.15) is 0 Å². The van der Waals surface area contributed by atoms with E-state index in [4.69, 9.17) is 19.4 Å². The molecule has 0 bridgehead atoms. The lowest BCUT2D eigenvalue weighted by molar-refractivity contribution is 0.673. The van der Waals surface area contributed by atoms with Crippen LogP contribution < -0.4 is 0 Å². The van der Waals surface area contributed by atoms with E-state index in [-0.39, 0.29) is 0 Å². The van der Waals surface area contributed by atoms with E-state index in [9.17, 15) is 0 Å². The van der Waals surface area contributed by atoms with E-state index in [0.717, 1.165) is 66.1 Å². The summed E-state index contributed by atoms with van der Waals surface area (Å²) in [7, 11) is 0. The van der Waals surface area contributed by atoms with E-state index in [1.54, 1.807) is 0 Å². The Morgan fingerprint density at radius 2 is 0.803 bits per heavy atom. The van der Waals surface area contributed by atoms with Crippen LogP contribution in [-0.4, -0.2) is 15.0 Å². The molecule has 4 nitrogen and oxygen atoms in total. The minimum atomic E-state index is 0.589. The zero-order chi connectivity index (χ0) is 40.3. The van der Waals surface area contributed by atoms with Crippen molar-refractivity contribution < 1.29 is 4.42 Å². The Morgan fingerprint density at radius 3 is 1.51 bits per heavy atom. The molecule has 0 unspecified atom stereocenters. The van der Waals surface area contributed by atoms with Crippen LogP contribution in [0.3, 0.4) is 0 Å². The van der Waals surface area contributed by atoms with Gasteiger partial charge in [-0.2, -0.15) is 0 Å². The molecule has 0 aliphatic carbocycles. The highest BCUT2D eigenvalue weighted by Gasteiger charge is 2.19. The second-order valence-electron chi connectivity index (χ2n) is 15.5. The number of hydrogen-bond donors (Lipinski definition) is 0. The molecule has 12 rings (SSSR count). The Labute approximate surface area is 352 Å². The van der Waals surface area contributed by atoms with E-state index in [2.05, 4.69) is 176 Å². The van der Waals surface area contributed by atoms with Gasteiger partial charge in [0.05, 0.1) is 0 Å². The number of fused-ring (bicyclic) bond motifs is 8. The highest BCUT2D eigenvalue weighted by atomic mass is 16.3. The molecule has 0 saturated carbocycles. The Kier molecular flexibility index (Phi) is 8.13. The third-order valence-electron chi connectivity index (χ3n) is 11.9. The summed E-state index contributed by atoms with van der Waals surface area (Å²) in [6, 6.07) is 74.6. The molecule has 0 radical (unpaired) electrons. The molecule has 0 saturated heterocycles. The SMILES string of the molecule is c1ccc(-c2ccc(-c3ccc(-c4nc(-c5ccccc5)nc(-c5cccc6ccc7c8cc(-c9cc%10ccccc%10c%10ccccc9%10)ccc8oc7c56)n4)cc3)cc2)cc1. The Morgan fingerprint density at radius 1 is 0.279 bits per heavy atom. The summed E-state index contributed by atoms with van der Waals surface area (Å²) in [5.74, 6) is 1.81. The van der Waals surface area contributed by atoms with E-state index < -0.39 is 0 Å². The zero-order valence-corrected chi connectivity index (χ0v) is 33.0. The average molecular weight is 778 g/mol. The van der Waals surface area contributed by atoms with Gasteiger partial charge in [-0.1, -0.05) is 188 Å². The molecule has 0 amide bonds. The van der Waals surface area contributed by atoms with Gasteiger partial charge < -0.3 is 4.42 Å². The van der Waals surface area contributed by atoms with Crippen LogP contribution in [0.15, 0.2) is 217 Å². The van der Waals surface area contributed by atoms with Crippen molar-refractivity contribution >= 4 is 54.3 Å². The fraction of sp³-hybridized carbons (Fsp3) is 0. The van der Waals surface area contributed by atoms with Gasteiger partial charge in [-0.3, -0.25) is 0 Å². The van der Waals surface area contributed by atoms with Crippen molar-refractivity contribution in [3.8, 4) is 67.5 Å². The zero-order valence-electron chi connectivity index (χ0n) is 33.0. The molecule has 4 heteroatoms. The maximum atomic E-state index is 6.82. The molecule has 2 heterocycles. The second kappa shape index (κ2) is 14.3. The second-order valence-corrected chi connectivity index (χ2v) is 15.5. The standard InChI is InChI=1S/C57H35N3O/c1-3-12-36(13-4-1)37-22-24-38(25-23-37)39-26-28-42(29-27-39)56-58-55(41-14-5-2-6-15-41)59-57(60-56)49-21-11-17-40-30-32-48-51-35-44(31-33-52(51)61-54(48)53(40)49)50-34-43-16-7-8-18-45(43)46-19-9-10-20-47(46)50/h1-35H. The molecule has 0 aliphatic heterocycles. The third kappa shape index (κ3) is 6.04. The van der Waals surface area contributed by atoms with Crippen LogP contribution >= 0.6 is 0 Å². The molecule has 2 aromatic heterocycles. The predicted molar refractivity (Wildman–Crippen MR) is 252 cm³/mol. The summed E-state index contributed by atoms with van der Waals surface area (Å²) in [6.07, 6.45) is 0. The predicted octanol–water partition coefficient (Wildman–Crippen LogP) is 15.2. The van der Waals surface area contributed by atoms with Gasteiger partial charge in [0, 0.05) is 32.8 Å². The van der Waals surface area contributed by atoms with Crippen molar-refractivity contribution in [2.45, 2.75) is 0 Å². The molecular formula is C57H35N3O. The Hall–Kier alpha value is -8.21. The van der Waals surface area contributed by atoms with E-state index in [0.29, 0.717) is 17.5 Å². The molecule has 0 N–H and O–H groups in total. The van der Waals surface area contributed by atoms with Crippen molar-refractivity contribution in [3.05, 3.63) is 212 Å². The highest BCUT2D eigenvalue weighted by molar-refractivity contribution is 6.20. The molecule has 12 aromatic rings. The van der Waals surface area contributed by atoms with Gasteiger partial charge in [0.2, 0.25) is 0 Å². The molecule has 0 spiro atoms. The third-order valence-corrected chi connectivity index (χ3v) is 11.9. The Bertz CT molecular complexity index is 3610. The monoisotopic (exact) mass is 777 g/mol. The number of rotatable bonds is 6. The van der Waals surface area contributed by atoms with Crippen molar-refractivity contribution in [1.29, 1.82) is 0 Å². The van der Waals surface area contributed by atoms with E-state index >= 15 is 0 Å².